The molecule has 0 aromatic rings. The Kier molecular flexibility index (Phi) is 2.31. The molecular formula is C7H14FN3. The van der Waals surface area contributed by atoms with Gasteiger partial charge in [0.05, 0.1) is 0 Å². The summed E-state index contributed by atoms with van der Waals surface area (Å²) in [5.74, 6) is 0. The molecule has 0 saturated heterocycles. The Hall–Kier alpha value is -0.800. The third-order valence-electron chi connectivity index (χ3n) is 1.78. The van der Waals surface area contributed by atoms with Gasteiger partial charge in [0, 0.05) is 6.04 Å². The molecule has 1 aliphatic rings. The van der Waals surface area contributed by atoms with Crippen molar-refractivity contribution in [1.29, 1.82) is 0 Å². The lowest BCUT2D eigenvalue weighted by Gasteiger charge is -2.27. The van der Waals surface area contributed by atoms with E-state index in [0.717, 1.165) is 6.42 Å². The molecule has 0 spiro atoms. The average Bonchev–Trinajstić information content (AvgIpc) is 2.30. The van der Waals surface area contributed by atoms with E-state index in [2.05, 4.69) is 5.10 Å². The Bertz CT molecular complexity index is 158. The van der Waals surface area contributed by atoms with Crippen LogP contribution in [0.25, 0.3) is 0 Å². The van der Waals surface area contributed by atoms with Crippen LogP contribution in [-0.2, 0) is 0 Å². The van der Waals surface area contributed by atoms with Gasteiger partial charge in [0.1, 0.15) is 12.5 Å². The monoisotopic (exact) mass is 159 g/mol. The summed E-state index contributed by atoms with van der Waals surface area (Å²) < 4.78 is 12.8. The quantitative estimate of drug-likeness (QED) is 0.569. The van der Waals surface area contributed by atoms with Crippen molar-refractivity contribution < 1.29 is 4.48 Å². The molecule has 0 aliphatic carbocycles. The smallest absolute Gasteiger partial charge is 0.149 e. The first-order valence-electron chi connectivity index (χ1n) is 3.93. The molecule has 1 heterocycles. The molecule has 1 rings (SSSR count). The van der Waals surface area contributed by atoms with Crippen molar-refractivity contribution in [3.63, 3.8) is 0 Å². The maximum absolute atomic E-state index is 12.8. The van der Waals surface area contributed by atoms with Crippen molar-refractivity contribution in [1.82, 2.24) is 10.1 Å². The van der Waals surface area contributed by atoms with Crippen LogP contribution in [0.1, 0.15) is 27.2 Å². The Morgan fingerprint density at radius 3 is 2.64 bits per heavy atom. The lowest BCUT2D eigenvalue weighted by Crippen LogP contribution is -2.38. The van der Waals surface area contributed by atoms with E-state index in [9.17, 15) is 4.48 Å². The van der Waals surface area contributed by atoms with Crippen molar-refractivity contribution in [2.45, 2.75) is 39.4 Å². The van der Waals surface area contributed by atoms with Crippen molar-refractivity contribution in [3.8, 4) is 0 Å². The molecule has 0 aromatic carbocycles. The summed E-state index contributed by atoms with van der Waals surface area (Å²) in [6.45, 7) is 5.94. The highest BCUT2D eigenvalue weighted by Gasteiger charge is 2.27. The van der Waals surface area contributed by atoms with Gasteiger partial charge in [-0.05, 0) is 20.3 Å². The fourth-order valence-corrected chi connectivity index (χ4v) is 1.21. The zero-order valence-electron chi connectivity index (χ0n) is 7.16. The van der Waals surface area contributed by atoms with E-state index in [1.54, 1.807) is 5.01 Å². The largest absolute Gasteiger partial charge is 0.268 e. The van der Waals surface area contributed by atoms with Crippen molar-refractivity contribution in [2.75, 3.05) is 0 Å². The van der Waals surface area contributed by atoms with Crippen LogP contribution in [0.2, 0.25) is 0 Å². The highest BCUT2D eigenvalue weighted by Crippen LogP contribution is 2.18. The van der Waals surface area contributed by atoms with Gasteiger partial charge in [0.2, 0.25) is 0 Å². The van der Waals surface area contributed by atoms with Crippen LogP contribution in [-0.4, -0.2) is 28.7 Å². The number of nitrogens with zero attached hydrogens (tertiary/aromatic N) is 3. The van der Waals surface area contributed by atoms with Gasteiger partial charge in [-0.3, -0.25) is 5.01 Å². The van der Waals surface area contributed by atoms with Crippen LogP contribution in [0.15, 0.2) is 5.10 Å². The summed E-state index contributed by atoms with van der Waals surface area (Å²) in [7, 11) is 0. The Morgan fingerprint density at radius 2 is 2.27 bits per heavy atom. The third kappa shape index (κ3) is 1.44. The molecule has 0 amide bonds. The van der Waals surface area contributed by atoms with Crippen molar-refractivity contribution >= 4 is 6.34 Å². The maximum Gasteiger partial charge on any atom is 0.149 e. The molecular weight excluding hydrogens is 145 g/mol. The maximum atomic E-state index is 12.8. The van der Waals surface area contributed by atoms with Gasteiger partial charge in [-0.2, -0.15) is 10.2 Å². The van der Waals surface area contributed by atoms with E-state index in [4.69, 9.17) is 0 Å². The van der Waals surface area contributed by atoms with Gasteiger partial charge >= 0.3 is 0 Å². The summed E-state index contributed by atoms with van der Waals surface area (Å²) in [6.07, 6.45) is 1.78. The number of halogens is 1. The minimum absolute atomic E-state index is 0.199. The molecule has 64 valence electrons. The molecule has 0 bridgehead atoms. The highest BCUT2D eigenvalue weighted by atomic mass is 19.2. The SMILES string of the molecule is CCC1N(F)C=NN1C(C)C. The minimum atomic E-state index is -0.199. The fraction of sp³-hybridized carbons (Fsp3) is 0.857. The normalized spacial score (nSPS) is 23.9. The van der Waals surface area contributed by atoms with Gasteiger partial charge in [-0.1, -0.05) is 11.4 Å². The molecule has 1 aliphatic heterocycles. The van der Waals surface area contributed by atoms with Crippen LogP contribution in [0.4, 0.5) is 4.48 Å². The topological polar surface area (TPSA) is 18.8 Å². The minimum Gasteiger partial charge on any atom is -0.268 e. The van der Waals surface area contributed by atoms with Crippen LogP contribution >= 0.6 is 0 Å². The Labute approximate surface area is 66.4 Å². The predicted molar refractivity (Wildman–Crippen MR) is 42.5 cm³/mol. The lowest BCUT2D eigenvalue weighted by atomic mass is 10.3. The summed E-state index contributed by atoms with van der Waals surface area (Å²) in [5.41, 5.74) is 0. The fourth-order valence-electron chi connectivity index (χ4n) is 1.21. The summed E-state index contributed by atoms with van der Waals surface area (Å²) in [4.78, 5) is 0. The molecule has 1 atom stereocenters. The van der Waals surface area contributed by atoms with Gasteiger partial charge in [0.15, 0.2) is 0 Å². The van der Waals surface area contributed by atoms with Gasteiger partial charge in [-0.15, -0.1) is 0 Å². The standard InChI is InChI=1S/C7H14FN3/c1-4-7-10(8)5-9-11(7)6(2)3/h5-7H,4H2,1-3H3. The number of hydrogen-bond acceptors (Lipinski definition) is 3. The van der Waals surface area contributed by atoms with E-state index >= 15 is 0 Å². The highest BCUT2D eigenvalue weighted by molar-refractivity contribution is 5.55. The first-order chi connectivity index (χ1) is 5.16. The first kappa shape index (κ1) is 8.30. The van der Waals surface area contributed by atoms with Crippen LogP contribution in [0.5, 0.6) is 0 Å². The van der Waals surface area contributed by atoms with Gasteiger partial charge in [0.25, 0.3) is 0 Å². The molecule has 11 heavy (non-hydrogen) atoms. The lowest BCUT2D eigenvalue weighted by molar-refractivity contribution is -0.0104. The van der Waals surface area contributed by atoms with Gasteiger partial charge < -0.3 is 0 Å². The summed E-state index contributed by atoms with van der Waals surface area (Å²) in [5, 5.41) is 6.34. The van der Waals surface area contributed by atoms with E-state index in [1.165, 1.54) is 6.34 Å². The molecule has 1 unspecified atom stereocenters. The second kappa shape index (κ2) is 3.07. The molecule has 0 aromatic heterocycles. The third-order valence-corrected chi connectivity index (χ3v) is 1.78. The molecule has 0 fully saturated rings. The number of hydrazone groups is 1. The first-order valence-corrected chi connectivity index (χ1v) is 3.93. The summed E-state index contributed by atoms with van der Waals surface area (Å²) in [6, 6.07) is 0.261. The van der Waals surface area contributed by atoms with Crippen LogP contribution in [0, 0.1) is 0 Å². The zero-order chi connectivity index (χ0) is 8.43. The van der Waals surface area contributed by atoms with E-state index in [-0.39, 0.29) is 12.2 Å². The van der Waals surface area contributed by atoms with E-state index < -0.39 is 0 Å². The van der Waals surface area contributed by atoms with Gasteiger partial charge in [-0.25, -0.2) is 0 Å². The predicted octanol–water partition coefficient (Wildman–Crippen LogP) is 1.58. The molecule has 0 N–H and O–H groups in total. The number of hydrogen-bond donors (Lipinski definition) is 0. The molecule has 4 heteroatoms. The van der Waals surface area contributed by atoms with Crippen molar-refractivity contribution in [3.05, 3.63) is 0 Å². The second-order valence-electron chi connectivity index (χ2n) is 2.94. The van der Waals surface area contributed by atoms with E-state index in [1.807, 2.05) is 20.8 Å². The van der Waals surface area contributed by atoms with Crippen LogP contribution in [0.3, 0.4) is 0 Å². The Balaban J connectivity index is 2.61. The molecule has 0 radical (unpaired) electrons. The van der Waals surface area contributed by atoms with Crippen LogP contribution < -0.4 is 0 Å². The van der Waals surface area contributed by atoms with E-state index in [0.29, 0.717) is 5.12 Å². The number of rotatable bonds is 2. The second-order valence-corrected chi connectivity index (χ2v) is 2.94. The Morgan fingerprint density at radius 1 is 1.64 bits per heavy atom. The molecule has 3 nitrogen and oxygen atoms in total. The van der Waals surface area contributed by atoms with Crippen molar-refractivity contribution in [2.24, 2.45) is 5.10 Å². The average molecular weight is 159 g/mol. The zero-order valence-corrected chi connectivity index (χ0v) is 7.16. The molecule has 0 saturated carbocycles. The summed E-state index contributed by atoms with van der Waals surface area (Å²) >= 11 is 0.